The van der Waals surface area contributed by atoms with Crippen LogP contribution in [-0.4, -0.2) is 57.2 Å². The summed E-state index contributed by atoms with van der Waals surface area (Å²) < 4.78 is 24.9. The lowest BCUT2D eigenvalue weighted by Gasteiger charge is -2.33. The van der Waals surface area contributed by atoms with E-state index in [4.69, 9.17) is 4.99 Å². The van der Waals surface area contributed by atoms with Gasteiger partial charge < -0.3 is 10.6 Å². The van der Waals surface area contributed by atoms with E-state index in [0.29, 0.717) is 31.0 Å². The molecule has 7 heteroatoms. The molecule has 0 bridgehead atoms. The smallest absolute Gasteiger partial charge is 0.211 e. The summed E-state index contributed by atoms with van der Waals surface area (Å²) in [6.45, 7) is 9.60. The Labute approximate surface area is 166 Å². The molecule has 0 aromatic carbocycles. The monoisotopic (exact) mass is 400 g/mol. The van der Waals surface area contributed by atoms with Crippen molar-refractivity contribution < 1.29 is 8.42 Å². The molecule has 2 atom stereocenters. The van der Waals surface area contributed by atoms with Crippen molar-refractivity contribution in [3.63, 3.8) is 0 Å². The van der Waals surface area contributed by atoms with Crippen molar-refractivity contribution in [2.24, 2.45) is 22.7 Å². The van der Waals surface area contributed by atoms with Gasteiger partial charge in [-0.25, -0.2) is 12.7 Å². The zero-order chi connectivity index (χ0) is 19.9. The van der Waals surface area contributed by atoms with Gasteiger partial charge in [0.05, 0.1) is 6.26 Å². The summed E-state index contributed by atoms with van der Waals surface area (Å²) in [4.78, 5) is 4.82. The van der Waals surface area contributed by atoms with Crippen molar-refractivity contribution >= 4 is 16.0 Å². The van der Waals surface area contributed by atoms with Crippen LogP contribution in [0.3, 0.4) is 0 Å². The number of hydrogen-bond acceptors (Lipinski definition) is 3. The fourth-order valence-corrected chi connectivity index (χ4v) is 5.25. The summed E-state index contributed by atoms with van der Waals surface area (Å²) in [7, 11) is -3.05. The highest BCUT2D eigenvalue weighted by Crippen LogP contribution is 2.31. The first-order valence-corrected chi connectivity index (χ1v) is 12.7. The Bertz CT molecular complexity index is 565. The van der Waals surface area contributed by atoms with Crippen LogP contribution in [0.2, 0.25) is 0 Å². The molecule has 1 aliphatic heterocycles. The summed E-state index contributed by atoms with van der Waals surface area (Å²) in [6.07, 6.45) is 9.96. The first kappa shape index (κ1) is 22.5. The lowest BCUT2D eigenvalue weighted by molar-refractivity contribution is 0.229. The molecule has 0 aromatic rings. The summed E-state index contributed by atoms with van der Waals surface area (Å²) in [6, 6.07) is 0.401. The number of hydrogen-bond donors (Lipinski definition) is 2. The molecule has 2 unspecified atom stereocenters. The molecule has 1 saturated heterocycles. The molecular formula is C20H40N4O2S. The van der Waals surface area contributed by atoms with Gasteiger partial charge in [0.2, 0.25) is 10.0 Å². The Hall–Kier alpha value is -0.820. The van der Waals surface area contributed by atoms with Crippen LogP contribution in [0.25, 0.3) is 0 Å². The van der Waals surface area contributed by atoms with Gasteiger partial charge in [0, 0.05) is 32.2 Å². The molecule has 27 heavy (non-hydrogen) atoms. The Morgan fingerprint density at radius 1 is 1.11 bits per heavy atom. The van der Waals surface area contributed by atoms with E-state index in [1.807, 2.05) is 0 Å². The number of guanidine groups is 1. The van der Waals surface area contributed by atoms with Crippen molar-refractivity contribution in [2.75, 3.05) is 32.4 Å². The second kappa shape index (κ2) is 10.6. The lowest BCUT2D eigenvalue weighted by Crippen LogP contribution is -2.46. The number of aliphatic imine (C=N–C) groups is 1. The van der Waals surface area contributed by atoms with Crippen LogP contribution in [0.15, 0.2) is 4.99 Å². The van der Waals surface area contributed by atoms with Gasteiger partial charge in [-0.3, -0.25) is 4.99 Å². The average Bonchev–Trinajstić information content (AvgIpc) is 2.66. The molecule has 0 aromatic heterocycles. The van der Waals surface area contributed by atoms with E-state index in [1.54, 1.807) is 4.31 Å². The number of rotatable bonds is 7. The SMILES string of the molecule is CCNC(=NCC1CCN(S(C)(=O)=O)CC1)NC(C)C(C)C1CCCCC1. The number of nitrogens with zero attached hydrogens (tertiary/aromatic N) is 2. The highest BCUT2D eigenvalue weighted by Gasteiger charge is 2.26. The van der Waals surface area contributed by atoms with E-state index in [-0.39, 0.29) is 0 Å². The van der Waals surface area contributed by atoms with E-state index in [0.717, 1.165) is 37.8 Å². The van der Waals surface area contributed by atoms with E-state index >= 15 is 0 Å². The molecule has 0 radical (unpaired) electrons. The van der Waals surface area contributed by atoms with Crippen molar-refractivity contribution in [3.8, 4) is 0 Å². The first-order valence-electron chi connectivity index (χ1n) is 10.8. The maximum Gasteiger partial charge on any atom is 0.211 e. The molecule has 2 aliphatic rings. The molecule has 1 heterocycles. The molecule has 0 spiro atoms. The Balaban J connectivity index is 1.84. The molecule has 6 nitrogen and oxygen atoms in total. The van der Waals surface area contributed by atoms with E-state index in [2.05, 4.69) is 31.4 Å². The van der Waals surface area contributed by atoms with Crippen LogP contribution < -0.4 is 10.6 Å². The van der Waals surface area contributed by atoms with Gasteiger partial charge in [0.1, 0.15) is 0 Å². The topological polar surface area (TPSA) is 73.8 Å². The van der Waals surface area contributed by atoms with Gasteiger partial charge in [-0.05, 0) is 44.4 Å². The van der Waals surface area contributed by atoms with Crippen LogP contribution in [0.1, 0.15) is 65.7 Å². The van der Waals surface area contributed by atoms with Crippen LogP contribution >= 0.6 is 0 Å². The summed E-state index contributed by atoms with van der Waals surface area (Å²) >= 11 is 0. The Morgan fingerprint density at radius 3 is 2.30 bits per heavy atom. The maximum absolute atomic E-state index is 11.6. The number of nitrogens with one attached hydrogen (secondary N) is 2. The third-order valence-electron chi connectivity index (χ3n) is 6.44. The fraction of sp³-hybridized carbons (Fsp3) is 0.950. The minimum Gasteiger partial charge on any atom is -0.357 e. The molecule has 1 aliphatic carbocycles. The molecule has 0 amide bonds. The molecule has 2 N–H and O–H groups in total. The van der Waals surface area contributed by atoms with Crippen molar-refractivity contribution in [1.82, 2.24) is 14.9 Å². The van der Waals surface area contributed by atoms with Gasteiger partial charge in [-0.15, -0.1) is 0 Å². The highest BCUT2D eigenvalue weighted by molar-refractivity contribution is 7.88. The van der Waals surface area contributed by atoms with Crippen LogP contribution in [0, 0.1) is 17.8 Å². The zero-order valence-electron chi connectivity index (χ0n) is 17.7. The average molecular weight is 401 g/mol. The lowest BCUT2D eigenvalue weighted by atomic mass is 9.78. The predicted molar refractivity (Wildman–Crippen MR) is 113 cm³/mol. The molecule has 2 fully saturated rings. The second-order valence-corrected chi connectivity index (χ2v) is 10.5. The van der Waals surface area contributed by atoms with Crippen LogP contribution in [-0.2, 0) is 10.0 Å². The van der Waals surface area contributed by atoms with E-state index in [1.165, 1.54) is 38.4 Å². The zero-order valence-corrected chi connectivity index (χ0v) is 18.5. The summed E-state index contributed by atoms with van der Waals surface area (Å²) in [5.74, 6) is 2.83. The standard InChI is InChI=1S/C20H40N4O2S/c1-5-21-20(23-17(3)16(2)19-9-7-6-8-10-19)22-15-18-11-13-24(14-12-18)27(4,25)26/h16-19H,5-15H2,1-4H3,(H2,21,22,23). The minimum absolute atomic E-state index is 0.401. The third-order valence-corrected chi connectivity index (χ3v) is 7.74. The van der Waals surface area contributed by atoms with E-state index in [9.17, 15) is 8.42 Å². The van der Waals surface area contributed by atoms with E-state index < -0.39 is 10.0 Å². The van der Waals surface area contributed by atoms with Crippen molar-refractivity contribution in [2.45, 2.75) is 71.8 Å². The first-order chi connectivity index (χ1) is 12.8. The van der Waals surface area contributed by atoms with Gasteiger partial charge in [0.25, 0.3) is 0 Å². The quantitative estimate of drug-likeness (QED) is 0.509. The largest absolute Gasteiger partial charge is 0.357 e. The molecule has 1 saturated carbocycles. The van der Waals surface area contributed by atoms with Gasteiger partial charge in [-0.1, -0.05) is 39.0 Å². The van der Waals surface area contributed by atoms with Crippen molar-refractivity contribution in [1.29, 1.82) is 0 Å². The number of sulfonamides is 1. The van der Waals surface area contributed by atoms with Gasteiger partial charge in [0.15, 0.2) is 5.96 Å². The molecule has 2 rings (SSSR count). The third kappa shape index (κ3) is 7.26. The highest BCUT2D eigenvalue weighted by atomic mass is 32.2. The summed E-state index contributed by atoms with van der Waals surface area (Å²) in [5.41, 5.74) is 0. The van der Waals surface area contributed by atoms with Gasteiger partial charge in [-0.2, -0.15) is 0 Å². The maximum atomic E-state index is 11.6. The van der Waals surface area contributed by atoms with Crippen LogP contribution in [0.5, 0.6) is 0 Å². The van der Waals surface area contributed by atoms with Crippen molar-refractivity contribution in [3.05, 3.63) is 0 Å². The Morgan fingerprint density at radius 2 is 1.74 bits per heavy atom. The fourth-order valence-electron chi connectivity index (χ4n) is 4.38. The molecule has 158 valence electrons. The Kier molecular flexibility index (Phi) is 8.86. The predicted octanol–water partition coefficient (Wildman–Crippen LogP) is 2.82. The van der Waals surface area contributed by atoms with Gasteiger partial charge >= 0.3 is 0 Å². The summed E-state index contributed by atoms with van der Waals surface area (Å²) in [5, 5.41) is 7.00. The minimum atomic E-state index is -3.05. The number of piperidine rings is 1. The second-order valence-electron chi connectivity index (χ2n) is 8.52. The normalized spacial score (nSPS) is 23.8. The molecular weight excluding hydrogens is 360 g/mol. The van der Waals surface area contributed by atoms with Crippen LogP contribution in [0.4, 0.5) is 0 Å².